The van der Waals surface area contributed by atoms with Crippen LogP contribution in [-0.2, 0) is 0 Å². The van der Waals surface area contributed by atoms with Crippen LogP contribution in [0.1, 0.15) is 25.6 Å². The largest absolute Gasteiger partial charge is 0.319 e. The average Bonchev–Trinajstić information content (AvgIpc) is 2.78. The molecule has 2 N–H and O–H groups in total. The first kappa shape index (κ1) is 11.6. The zero-order valence-electron chi connectivity index (χ0n) is 10.2. The molecule has 0 radical (unpaired) electrons. The molecule has 0 amide bonds. The first-order valence-electron chi connectivity index (χ1n) is 5.68. The van der Waals surface area contributed by atoms with Gasteiger partial charge in [-0.05, 0) is 32.0 Å². The Morgan fingerprint density at radius 2 is 1.94 bits per heavy atom. The van der Waals surface area contributed by atoms with E-state index in [1.54, 1.807) is 0 Å². The van der Waals surface area contributed by atoms with Crippen LogP contribution in [0.5, 0.6) is 0 Å². The molecule has 0 saturated carbocycles. The van der Waals surface area contributed by atoms with Gasteiger partial charge in [0.25, 0.3) is 0 Å². The summed E-state index contributed by atoms with van der Waals surface area (Å²) in [6, 6.07) is 11.8. The van der Waals surface area contributed by atoms with Gasteiger partial charge in [-0.15, -0.1) is 0 Å². The van der Waals surface area contributed by atoms with E-state index in [4.69, 9.17) is 5.73 Å². The average molecular weight is 227 g/mol. The molecule has 1 heterocycles. The lowest BCUT2D eigenvalue weighted by atomic mass is 10.1. The number of nitrogens with zero attached hydrogens (tertiary/aromatic N) is 2. The fraction of sp³-hybridized carbons (Fsp3) is 0.214. The minimum Gasteiger partial charge on any atom is -0.319 e. The molecule has 0 aliphatic rings. The molecule has 0 aliphatic heterocycles. The fourth-order valence-electron chi connectivity index (χ4n) is 1.68. The van der Waals surface area contributed by atoms with Gasteiger partial charge < -0.3 is 5.73 Å². The molecule has 88 valence electrons. The van der Waals surface area contributed by atoms with E-state index >= 15 is 0 Å². The Kier molecular flexibility index (Phi) is 3.40. The number of hydrogen-bond donors (Lipinski definition) is 1. The predicted molar refractivity (Wildman–Crippen MR) is 69.9 cm³/mol. The second-order valence-electron chi connectivity index (χ2n) is 4.29. The van der Waals surface area contributed by atoms with Crippen LogP contribution in [0.25, 0.3) is 5.69 Å². The summed E-state index contributed by atoms with van der Waals surface area (Å²) in [5, 5.41) is 4.48. The third-order valence-corrected chi connectivity index (χ3v) is 2.48. The molecule has 2 aromatic rings. The summed E-state index contributed by atoms with van der Waals surface area (Å²) < 4.78 is 1.84. The molecule has 0 spiro atoms. The van der Waals surface area contributed by atoms with Gasteiger partial charge in [-0.1, -0.05) is 29.8 Å². The molecule has 1 aromatic carbocycles. The van der Waals surface area contributed by atoms with E-state index in [1.165, 1.54) is 5.57 Å². The smallest absolute Gasteiger partial charge is 0.0835 e. The first-order chi connectivity index (χ1) is 8.16. The first-order valence-corrected chi connectivity index (χ1v) is 5.68. The number of nitrogens with two attached hydrogens (primary N) is 1. The van der Waals surface area contributed by atoms with Crippen LogP contribution in [0.4, 0.5) is 0 Å². The van der Waals surface area contributed by atoms with Crippen LogP contribution < -0.4 is 5.73 Å². The molecule has 2 rings (SSSR count). The van der Waals surface area contributed by atoms with Crippen molar-refractivity contribution < 1.29 is 0 Å². The summed E-state index contributed by atoms with van der Waals surface area (Å²) in [6.45, 7) is 4.07. The minimum absolute atomic E-state index is 0.134. The molecule has 3 heteroatoms. The van der Waals surface area contributed by atoms with Crippen molar-refractivity contribution in [1.82, 2.24) is 9.78 Å². The van der Waals surface area contributed by atoms with Crippen molar-refractivity contribution in [2.45, 2.75) is 19.9 Å². The highest BCUT2D eigenvalue weighted by Crippen LogP contribution is 2.13. The molecule has 1 unspecified atom stereocenters. The fourth-order valence-corrected chi connectivity index (χ4v) is 1.68. The second-order valence-corrected chi connectivity index (χ2v) is 4.29. The van der Waals surface area contributed by atoms with Crippen LogP contribution in [-0.4, -0.2) is 9.78 Å². The molecule has 0 aliphatic carbocycles. The van der Waals surface area contributed by atoms with E-state index in [2.05, 4.69) is 5.10 Å². The van der Waals surface area contributed by atoms with Crippen molar-refractivity contribution in [1.29, 1.82) is 0 Å². The summed E-state index contributed by atoms with van der Waals surface area (Å²) in [6.07, 6.45) is 3.95. The summed E-state index contributed by atoms with van der Waals surface area (Å²) in [7, 11) is 0. The lowest BCUT2D eigenvalue weighted by Gasteiger charge is -2.04. The summed E-state index contributed by atoms with van der Waals surface area (Å²) in [5.41, 5.74) is 9.16. The highest BCUT2D eigenvalue weighted by atomic mass is 15.3. The van der Waals surface area contributed by atoms with Gasteiger partial charge in [-0.25, -0.2) is 4.68 Å². The van der Waals surface area contributed by atoms with Gasteiger partial charge in [0.1, 0.15) is 0 Å². The van der Waals surface area contributed by atoms with Crippen LogP contribution in [0.3, 0.4) is 0 Å². The van der Waals surface area contributed by atoms with E-state index in [9.17, 15) is 0 Å². The normalized spacial score (nSPS) is 12.2. The maximum atomic E-state index is 6.04. The molecule has 3 nitrogen and oxygen atoms in total. The molecule has 0 bridgehead atoms. The standard InChI is InChI=1S/C14H17N3/c1-11(2)10-13(15)14-8-9-17(16-14)12-6-4-3-5-7-12/h3-10,13H,15H2,1-2H3. The maximum Gasteiger partial charge on any atom is 0.0835 e. The third kappa shape index (κ3) is 2.82. The SMILES string of the molecule is CC(C)=CC(N)c1ccn(-c2ccccc2)n1. The Morgan fingerprint density at radius 1 is 1.24 bits per heavy atom. The zero-order chi connectivity index (χ0) is 12.3. The number of aromatic nitrogens is 2. The van der Waals surface area contributed by atoms with Crippen LogP contribution in [0.15, 0.2) is 54.2 Å². The van der Waals surface area contributed by atoms with Crippen molar-refractivity contribution in [3.05, 3.63) is 59.9 Å². The maximum absolute atomic E-state index is 6.04. The number of para-hydroxylation sites is 1. The van der Waals surface area contributed by atoms with Gasteiger partial charge in [0, 0.05) is 6.20 Å². The van der Waals surface area contributed by atoms with Gasteiger partial charge in [0.05, 0.1) is 17.4 Å². The molecular formula is C14H17N3. The third-order valence-electron chi connectivity index (χ3n) is 2.48. The summed E-state index contributed by atoms with van der Waals surface area (Å²) in [5.74, 6) is 0. The van der Waals surface area contributed by atoms with Gasteiger partial charge in [-0.2, -0.15) is 5.10 Å². The predicted octanol–water partition coefficient (Wildman–Crippen LogP) is 2.84. The van der Waals surface area contributed by atoms with Gasteiger partial charge in [0.2, 0.25) is 0 Å². The summed E-state index contributed by atoms with van der Waals surface area (Å²) in [4.78, 5) is 0. The molecule has 1 atom stereocenters. The quantitative estimate of drug-likeness (QED) is 0.819. The number of hydrogen-bond acceptors (Lipinski definition) is 2. The van der Waals surface area contributed by atoms with Gasteiger partial charge >= 0.3 is 0 Å². The van der Waals surface area contributed by atoms with Crippen molar-refractivity contribution in [3.63, 3.8) is 0 Å². The lowest BCUT2D eigenvalue weighted by molar-refractivity contribution is 0.786. The van der Waals surface area contributed by atoms with Gasteiger partial charge in [-0.3, -0.25) is 0 Å². The van der Waals surface area contributed by atoms with Crippen molar-refractivity contribution >= 4 is 0 Å². The molecule has 0 fully saturated rings. The minimum atomic E-state index is -0.134. The Labute approximate surface area is 102 Å². The van der Waals surface area contributed by atoms with E-state index in [-0.39, 0.29) is 6.04 Å². The van der Waals surface area contributed by atoms with Crippen LogP contribution in [0, 0.1) is 0 Å². The summed E-state index contributed by atoms with van der Waals surface area (Å²) >= 11 is 0. The monoisotopic (exact) mass is 227 g/mol. The van der Waals surface area contributed by atoms with E-state index in [0.29, 0.717) is 0 Å². The zero-order valence-corrected chi connectivity index (χ0v) is 10.2. The van der Waals surface area contributed by atoms with Crippen LogP contribution >= 0.6 is 0 Å². The molecule has 1 aromatic heterocycles. The highest BCUT2D eigenvalue weighted by molar-refractivity contribution is 5.31. The molecule has 17 heavy (non-hydrogen) atoms. The Bertz CT molecular complexity index is 507. The van der Waals surface area contributed by atoms with Crippen molar-refractivity contribution in [2.75, 3.05) is 0 Å². The Morgan fingerprint density at radius 3 is 2.59 bits per heavy atom. The number of allylic oxidation sites excluding steroid dienone is 1. The number of rotatable bonds is 3. The topological polar surface area (TPSA) is 43.8 Å². The Balaban J connectivity index is 2.25. The Hall–Kier alpha value is -1.87. The van der Waals surface area contributed by atoms with E-state index in [1.807, 2.05) is 67.2 Å². The second kappa shape index (κ2) is 4.97. The van der Waals surface area contributed by atoms with E-state index < -0.39 is 0 Å². The molecule has 0 saturated heterocycles. The van der Waals surface area contributed by atoms with Crippen molar-refractivity contribution in [2.24, 2.45) is 5.73 Å². The highest BCUT2D eigenvalue weighted by Gasteiger charge is 2.07. The van der Waals surface area contributed by atoms with E-state index in [0.717, 1.165) is 11.4 Å². The van der Waals surface area contributed by atoms with Gasteiger partial charge in [0.15, 0.2) is 0 Å². The molecular weight excluding hydrogens is 210 g/mol. The van der Waals surface area contributed by atoms with Crippen LogP contribution in [0.2, 0.25) is 0 Å². The number of benzene rings is 1. The van der Waals surface area contributed by atoms with Crippen molar-refractivity contribution in [3.8, 4) is 5.69 Å². The lowest BCUT2D eigenvalue weighted by Crippen LogP contribution is -2.09.